The van der Waals surface area contributed by atoms with Crippen LogP contribution in [0.4, 0.5) is 0 Å². The van der Waals surface area contributed by atoms with Gasteiger partial charge in [-0.1, -0.05) is 13.8 Å². The molecule has 5 heteroatoms. The average molecular weight is 288 g/mol. The van der Waals surface area contributed by atoms with Crippen LogP contribution in [0.25, 0.3) is 11.0 Å². The molecule has 2 aromatic heterocycles. The first kappa shape index (κ1) is 15.5. The van der Waals surface area contributed by atoms with E-state index in [4.69, 9.17) is 0 Å². The maximum Gasteiger partial charge on any atom is 0.219 e. The van der Waals surface area contributed by atoms with Crippen LogP contribution in [0.15, 0.2) is 18.5 Å². The highest BCUT2D eigenvalue weighted by atomic mass is 16.2. The summed E-state index contributed by atoms with van der Waals surface area (Å²) in [5.41, 5.74) is 1.01. The van der Waals surface area contributed by atoms with Crippen LogP contribution in [0.2, 0.25) is 0 Å². The minimum absolute atomic E-state index is 0.175. The number of amides is 1. The molecule has 0 aromatic carbocycles. The van der Waals surface area contributed by atoms with Gasteiger partial charge in [0.05, 0.1) is 0 Å². The number of carbonyl (C=O) groups excluding carboxylic acids is 1. The number of hydrogen-bond acceptors (Lipinski definition) is 3. The van der Waals surface area contributed by atoms with E-state index in [9.17, 15) is 4.79 Å². The third-order valence-electron chi connectivity index (χ3n) is 3.88. The van der Waals surface area contributed by atoms with Crippen LogP contribution in [-0.2, 0) is 4.79 Å². The first-order valence-corrected chi connectivity index (χ1v) is 7.71. The van der Waals surface area contributed by atoms with Crippen molar-refractivity contribution in [2.75, 3.05) is 13.1 Å². The van der Waals surface area contributed by atoms with Crippen LogP contribution in [0.3, 0.4) is 0 Å². The number of nitrogens with zero attached hydrogens (tertiary/aromatic N) is 4. The van der Waals surface area contributed by atoms with Gasteiger partial charge in [0.15, 0.2) is 0 Å². The number of aromatic nitrogens is 3. The molecule has 114 valence electrons. The fourth-order valence-electron chi connectivity index (χ4n) is 2.78. The molecule has 0 saturated carbocycles. The van der Waals surface area contributed by atoms with Gasteiger partial charge in [-0.15, -0.1) is 0 Å². The van der Waals surface area contributed by atoms with Gasteiger partial charge in [0.25, 0.3) is 0 Å². The normalized spacial score (nSPS) is 15.7. The van der Waals surface area contributed by atoms with Crippen molar-refractivity contribution in [3.63, 3.8) is 0 Å². The number of fused-ring (bicyclic) bond motifs is 1. The van der Waals surface area contributed by atoms with Crippen molar-refractivity contribution in [3.8, 4) is 0 Å². The minimum Gasteiger partial charge on any atom is -0.343 e. The fourth-order valence-corrected chi connectivity index (χ4v) is 2.78. The minimum atomic E-state index is 0.175. The van der Waals surface area contributed by atoms with Crippen LogP contribution >= 0.6 is 0 Å². The summed E-state index contributed by atoms with van der Waals surface area (Å²) in [6.45, 7) is 9.23. The van der Waals surface area contributed by atoms with Gasteiger partial charge in [-0.3, -0.25) is 4.79 Å². The van der Waals surface area contributed by atoms with Gasteiger partial charge in [0.1, 0.15) is 11.5 Å². The quantitative estimate of drug-likeness (QED) is 0.810. The van der Waals surface area contributed by atoms with Crippen molar-refractivity contribution < 1.29 is 4.79 Å². The second-order valence-corrected chi connectivity index (χ2v) is 5.16. The molecule has 3 heterocycles. The first-order valence-electron chi connectivity index (χ1n) is 7.71. The number of rotatable bonds is 1. The maximum atomic E-state index is 11.3. The monoisotopic (exact) mass is 288 g/mol. The Morgan fingerprint density at radius 2 is 1.95 bits per heavy atom. The highest BCUT2D eigenvalue weighted by Gasteiger charge is 2.22. The summed E-state index contributed by atoms with van der Waals surface area (Å²) in [5.74, 6) is 0.975. The molecule has 1 amide bonds. The van der Waals surface area contributed by atoms with Crippen LogP contribution in [-0.4, -0.2) is 38.4 Å². The zero-order chi connectivity index (χ0) is 15.4. The lowest BCUT2D eigenvalue weighted by Crippen LogP contribution is -2.37. The number of hydrogen-bond donors (Lipinski definition) is 0. The van der Waals surface area contributed by atoms with Gasteiger partial charge < -0.3 is 9.47 Å². The molecule has 0 atom stereocenters. The lowest BCUT2D eigenvalue weighted by atomic mass is 10.0. The topological polar surface area (TPSA) is 51.0 Å². The summed E-state index contributed by atoms with van der Waals surface area (Å²) in [6.07, 6.45) is 5.95. The maximum absolute atomic E-state index is 11.3. The predicted octanol–water partition coefficient (Wildman–Crippen LogP) is 2.95. The van der Waals surface area contributed by atoms with Gasteiger partial charge in [-0.05, 0) is 25.8 Å². The van der Waals surface area contributed by atoms with E-state index in [-0.39, 0.29) is 5.91 Å². The second kappa shape index (κ2) is 6.70. The van der Waals surface area contributed by atoms with Crippen LogP contribution < -0.4 is 0 Å². The molecule has 5 nitrogen and oxygen atoms in total. The molecule has 2 aromatic rings. The Balaban J connectivity index is 0.000000774. The summed E-state index contributed by atoms with van der Waals surface area (Å²) < 4.78 is 2.24. The SMILES string of the molecule is CC.CC(=O)N1CCC(n2ccc3cnc(C)nc32)CC1. The van der Waals surface area contributed by atoms with Crippen molar-refractivity contribution in [2.24, 2.45) is 0 Å². The zero-order valence-electron chi connectivity index (χ0n) is 13.3. The first-order chi connectivity index (χ1) is 10.1. The molecule has 0 bridgehead atoms. The van der Waals surface area contributed by atoms with E-state index in [0.717, 1.165) is 42.8 Å². The summed E-state index contributed by atoms with van der Waals surface area (Å²) in [7, 11) is 0. The number of carbonyl (C=O) groups is 1. The van der Waals surface area contributed by atoms with Crippen molar-refractivity contribution in [2.45, 2.75) is 46.6 Å². The summed E-state index contributed by atoms with van der Waals surface area (Å²) in [5, 5.41) is 1.08. The van der Waals surface area contributed by atoms with E-state index >= 15 is 0 Å². The molecule has 0 aliphatic carbocycles. The lowest BCUT2D eigenvalue weighted by Gasteiger charge is -2.32. The van der Waals surface area contributed by atoms with E-state index in [0.29, 0.717) is 6.04 Å². The van der Waals surface area contributed by atoms with E-state index < -0.39 is 0 Å². The molecule has 21 heavy (non-hydrogen) atoms. The average Bonchev–Trinajstić information content (AvgIpc) is 2.92. The number of piperidine rings is 1. The largest absolute Gasteiger partial charge is 0.343 e. The van der Waals surface area contributed by atoms with Crippen LogP contribution in [0, 0.1) is 6.92 Å². The fraction of sp³-hybridized carbons (Fsp3) is 0.562. The molecule has 3 rings (SSSR count). The Hall–Kier alpha value is -1.91. The molecular formula is C16H24N4O. The Labute approximate surface area is 126 Å². The Bertz CT molecular complexity index is 612. The summed E-state index contributed by atoms with van der Waals surface area (Å²) in [4.78, 5) is 22.0. The molecular weight excluding hydrogens is 264 g/mol. The lowest BCUT2D eigenvalue weighted by molar-refractivity contribution is -0.130. The summed E-state index contributed by atoms with van der Waals surface area (Å²) in [6, 6.07) is 2.49. The van der Waals surface area contributed by atoms with Gasteiger partial charge in [0, 0.05) is 43.8 Å². The van der Waals surface area contributed by atoms with Crippen molar-refractivity contribution in [3.05, 3.63) is 24.3 Å². The molecule has 0 spiro atoms. The van der Waals surface area contributed by atoms with Crippen molar-refractivity contribution in [1.82, 2.24) is 19.4 Å². The van der Waals surface area contributed by atoms with Gasteiger partial charge in [-0.2, -0.15) is 0 Å². The molecule has 1 aliphatic rings. The Kier molecular flexibility index (Phi) is 4.94. The van der Waals surface area contributed by atoms with E-state index in [1.807, 2.05) is 31.9 Å². The molecule has 0 N–H and O–H groups in total. The Morgan fingerprint density at radius 1 is 1.29 bits per heavy atom. The van der Waals surface area contributed by atoms with Crippen LogP contribution in [0.1, 0.15) is 45.5 Å². The van der Waals surface area contributed by atoms with Crippen molar-refractivity contribution in [1.29, 1.82) is 0 Å². The van der Waals surface area contributed by atoms with Crippen LogP contribution in [0.5, 0.6) is 0 Å². The van der Waals surface area contributed by atoms with E-state index in [1.54, 1.807) is 6.92 Å². The van der Waals surface area contributed by atoms with Gasteiger partial charge in [0.2, 0.25) is 5.91 Å². The number of aryl methyl sites for hydroxylation is 1. The smallest absolute Gasteiger partial charge is 0.219 e. The Morgan fingerprint density at radius 3 is 2.57 bits per heavy atom. The molecule has 1 aliphatic heterocycles. The highest BCUT2D eigenvalue weighted by Crippen LogP contribution is 2.26. The van der Waals surface area contributed by atoms with Gasteiger partial charge in [-0.25, -0.2) is 9.97 Å². The third-order valence-corrected chi connectivity index (χ3v) is 3.88. The molecule has 1 fully saturated rings. The molecule has 0 radical (unpaired) electrons. The van der Waals surface area contributed by atoms with Gasteiger partial charge >= 0.3 is 0 Å². The molecule has 0 unspecified atom stereocenters. The highest BCUT2D eigenvalue weighted by molar-refractivity contribution is 5.75. The van der Waals surface area contributed by atoms with Crippen molar-refractivity contribution >= 4 is 16.9 Å². The molecule has 1 saturated heterocycles. The van der Waals surface area contributed by atoms with E-state index in [1.165, 1.54) is 0 Å². The standard InChI is InChI=1S/C14H18N4O.C2H6/c1-10-15-9-12-3-8-18(14(12)16-10)13-4-6-17(7-5-13)11(2)19;1-2/h3,8-9,13H,4-7H2,1-2H3;1-2H3. The summed E-state index contributed by atoms with van der Waals surface area (Å²) >= 11 is 0. The second-order valence-electron chi connectivity index (χ2n) is 5.16. The zero-order valence-corrected chi connectivity index (χ0v) is 13.3. The predicted molar refractivity (Wildman–Crippen MR) is 84.1 cm³/mol. The van der Waals surface area contributed by atoms with E-state index in [2.05, 4.69) is 26.8 Å². The number of likely N-dealkylation sites (tertiary alicyclic amines) is 1. The third kappa shape index (κ3) is 3.23.